The van der Waals surface area contributed by atoms with Crippen LogP contribution in [0, 0.1) is 35.5 Å². The minimum atomic E-state index is 0.639. The van der Waals surface area contributed by atoms with Crippen LogP contribution in [0.25, 0.3) is 0 Å². The summed E-state index contributed by atoms with van der Waals surface area (Å²) >= 11 is 0. The van der Waals surface area contributed by atoms with Crippen LogP contribution in [0.1, 0.15) is 33.4 Å². The summed E-state index contributed by atoms with van der Waals surface area (Å²) in [5.41, 5.74) is 24.7. The number of hydrogen-bond acceptors (Lipinski definition) is 3. The quantitative estimate of drug-likeness (QED) is 0.285. The van der Waals surface area contributed by atoms with Gasteiger partial charge in [0.05, 0.1) is 0 Å². The molecule has 0 heterocycles. The molecule has 0 saturated heterocycles. The molecular weight excluding hydrogens is 402 g/mol. The average Bonchev–Trinajstić information content (AvgIpc) is 2.82. The third-order valence-electron chi connectivity index (χ3n) is 4.84. The van der Waals surface area contributed by atoms with Gasteiger partial charge in [-0.3, -0.25) is 0 Å². The van der Waals surface area contributed by atoms with Crippen molar-refractivity contribution in [1.29, 1.82) is 0 Å². The Bertz CT molecular complexity index is 1320. The van der Waals surface area contributed by atoms with Crippen LogP contribution < -0.4 is 17.2 Å². The molecule has 0 radical (unpaired) electrons. The van der Waals surface area contributed by atoms with E-state index in [0.717, 1.165) is 33.4 Å². The number of nitrogen functional groups attached to an aromatic ring is 3. The first kappa shape index (κ1) is 21.2. The van der Waals surface area contributed by atoms with Crippen molar-refractivity contribution in [3.8, 4) is 35.5 Å². The number of para-hydroxylation sites is 3. The molecule has 0 aliphatic heterocycles. The summed E-state index contributed by atoms with van der Waals surface area (Å²) in [5.74, 6) is 19.0. The van der Waals surface area contributed by atoms with Gasteiger partial charge in [0.1, 0.15) is 0 Å². The van der Waals surface area contributed by atoms with E-state index in [1.54, 1.807) is 0 Å². The molecule has 0 aliphatic rings. The Morgan fingerprint density at radius 2 is 0.636 bits per heavy atom. The highest BCUT2D eigenvalue weighted by Gasteiger charge is 1.99. The fourth-order valence-corrected chi connectivity index (χ4v) is 3.10. The van der Waals surface area contributed by atoms with E-state index < -0.39 is 0 Å². The van der Waals surface area contributed by atoms with E-state index in [2.05, 4.69) is 35.5 Å². The molecule has 0 amide bonds. The zero-order chi connectivity index (χ0) is 23.0. The first-order valence-electron chi connectivity index (χ1n) is 10.3. The highest BCUT2D eigenvalue weighted by Crippen LogP contribution is 2.14. The molecule has 0 bridgehead atoms. The van der Waals surface area contributed by atoms with Crippen molar-refractivity contribution in [3.63, 3.8) is 0 Å². The lowest BCUT2D eigenvalue weighted by Crippen LogP contribution is -1.90. The minimum Gasteiger partial charge on any atom is -0.398 e. The Kier molecular flexibility index (Phi) is 6.33. The lowest BCUT2D eigenvalue weighted by atomic mass is 10.0. The van der Waals surface area contributed by atoms with Gasteiger partial charge in [-0.05, 0) is 54.6 Å². The van der Waals surface area contributed by atoms with Crippen molar-refractivity contribution in [1.82, 2.24) is 0 Å². The molecule has 6 N–H and O–H groups in total. The second-order valence-corrected chi connectivity index (χ2v) is 7.31. The van der Waals surface area contributed by atoms with Crippen LogP contribution in [0.4, 0.5) is 17.1 Å². The van der Waals surface area contributed by atoms with Crippen molar-refractivity contribution in [3.05, 3.63) is 124 Å². The van der Waals surface area contributed by atoms with Gasteiger partial charge in [0, 0.05) is 50.4 Å². The van der Waals surface area contributed by atoms with E-state index in [4.69, 9.17) is 17.2 Å². The fourth-order valence-electron chi connectivity index (χ4n) is 3.10. The Morgan fingerprint density at radius 1 is 0.364 bits per heavy atom. The van der Waals surface area contributed by atoms with Gasteiger partial charge in [0.25, 0.3) is 0 Å². The molecule has 0 aromatic heterocycles. The van der Waals surface area contributed by atoms with E-state index in [1.165, 1.54) is 0 Å². The zero-order valence-electron chi connectivity index (χ0n) is 17.9. The molecule has 33 heavy (non-hydrogen) atoms. The Balaban J connectivity index is 1.76. The average molecular weight is 424 g/mol. The molecule has 156 valence electrons. The Labute approximate surface area is 194 Å². The smallest absolute Gasteiger partial charge is 0.0478 e. The second kappa shape index (κ2) is 9.84. The van der Waals surface area contributed by atoms with Gasteiger partial charge < -0.3 is 17.2 Å². The molecule has 0 atom stereocenters. The van der Waals surface area contributed by atoms with Crippen LogP contribution in [-0.2, 0) is 0 Å². The maximum absolute atomic E-state index is 6.03. The summed E-state index contributed by atoms with van der Waals surface area (Å²) in [5, 5.41) is 0. The van der Waals surface area contributed by atoms with Crippen LogP contribution >= 0.6 is 0 Å². The Morgan fingerprint density at radius 3 is 0.909 bits per heavy atom. The molecule has 0 saturated carbocycles. The van der Waals surface area contributed by atoms with Crippen molar-refractivity contribution in [2.45, 2.75) is 0 Å². The van der Waals surface area contributed by atoms with Gasteiger partial charge in [-0.25, -0.2) is 0 Å². The van der Waals surface area contributed by atoms with E-state index in [0.29, 0.717) is 17.1 Å². The fraction of sp³-hybridized carbons (Fsp3) is 0. The lowest BCUT2D eigenvalue weighted by molar-refractivity contribution is 1.54. The van der Waals surface area contributed by atoms with Crippen LogP contribution in [0.2, 0.25) is 0 Å². The third-order valence-corrected chi connectivity index (χ3v) is 4.84. The van der Waals surface area contributed by atoms with Crippen LogP contribution in [-0.4, -0.2) is 0 Å². The van der Waals surface area contributed by atoms with Gasteiger partial charge in [0.2, 0.25) is 0 Å². The minimum absolute atomic E-state index is 0.639. The molecule has 4 aromatic rings. The molecular formula is C30H21N3. The van der Waals surface area contributed by atoms with E-state index >= 15 is 0 Å². The van der Waals surface area contributed by atoms with Crippen LogP contribution in [0.15, 0.2) is 91.0 Å². The SMILES string of the molecule is Nc1ccccc1C#Cc1cc(C#Cc2ccccc2N)cc(C#Cc2ccccc2N)c1. The highest BCUT2D eigenvalue weighted by molar-refractivity contribution is 5.62. The van der Waals surface area contributed by atoms with Gasteiger partial charge in [0.15, 0.2) is 0 Å². The number of benzene rings is 4. The monoisotopic (exact) mass is 423 g/mol. The Hall–Kier alpha value is -5.04. The first-order chi connectivity index (χ1) is 16.1. The van der Waals surface area contributed by atoms with Crippen molar-refractivity contribution in [2.75, 3.05) is 17.2 Å². The predicted molar refractivity (Wildman–Crippen MR) is 137 cm³/mol. The summed E-state index contributed by atoms with van der Waals surface area (Å²) in [7, 11) is 0. The van der Waals surface area contributed by atoms with Gasteiger partial charge in [-0.2, -0.15) is 0 Å². The molecule has 4 aromatic carbocycles. The second-order valence-electron chi connectivity index (χ2n) is 7.31. The van der Waals surface area contributed by atoms with E-state index in [-0.39, 0.29) is 0 Å². The molecule has 3 heteroatoms. The number of anilines is 3. The molecule has 4 rings (SSSR count). The molecule has 0 spiro atoms. The largest absolute Gasteiger partial charge is 0.398 e. The van der Waals surface area contributed by atoms with Crippen molar-refractivity contribution < 1.29 is 0 Å². The summed E-state index contributed by atoms with van der Waals surface area (Å²) in [6, 6.07) is 28.3. The molecule has 0 unspecified atom stereocenters. The van der Waals surface area contributed by atoms with Crippen LogP contribution in [0.3, 0.4) is 0 Å². The number of nitrogens with two attached hydrogens (primary N) is 3. The van der Waals surface area contributed by atoms with Gasteiger partial charge in [-0.1, -0.05) is 71.9 Å². The molecule has 0 aliphatic carbocycles. The number of hydrogen-bond donors (Lipinski definition) is 3. The predicted octanol–water partition coefficient (Wildman–Crippen LogP) is 4.63. The topological polar surface area (TPSA) is 78.1 Å². The summed E-state index contributed by atoms with van der Waals surface area (Å²) < 4.78 is 0. The lowest BCUT2D eigenvalue weighted by Gasteiger charge is -2.00. The van der Waals surface area contributed by atoms with Gasteiger partial charge >= 0.3 is 0 Å². The third kappa shape index (κ3) is 5.56. The van der Waals surface area contributed by atoms with E-state index in [1.807, 2.05) is 91.0 Å². The number of rotatable bonds is 0. The molecule has 3 nitrogen and oxygen atoms in total. The highest BCUT2D eigenvalue weighted by atomic mass is 14.6. The summed E-state index contributed by atoms with van der Waals surface area (Å²) in [6.07, 6.45) is 0. The molecule has 0 fully saturated rings. The van der Waals surface area contributed by atoms with Gasteiger partial charge in [-0.15, -0.1) is 0 Å². The summed E-state index contributed by atoms with van der Waals surface area (Å²) in [6.45, 7) is 0. The van der Waals surface area contributed by atoms with Crippen molar-refractivity contribution in [2.24, 2.45) is 0 Å². The standard InChI is InChI=1S/C30H21N3/c31-28-10-4-1-7-25(28)16-13-22-19-23(14-17-26-8-2-5-11-29(26)32)21-24(20-22)15-18-27-9-3-6-12-30(27)33/h1-12,19-21H,31-33H2. The summed E-state index contributed by atoms with van der Waals surface area (Å²) in [4.78, 5) is 0. The maximum atomic E-state index is 6.03. The normalized spacial score (nSPS) is 9.45. The van der Waals surface area contributed by atoms with Crippen LogP contribution in [0.5, 0.6) is 0 Å². The maximum Gasteiger partial charge on any atom is 0.0478 e. The van der Waals surface area contributed by atoms with Crippen molar-refractivity contribution >= 4 is 17.1 Å². The van der Waals surface area contributed by atoms with E-state index in [9.17, 15) is 0 Å². The zero-order valence-corrected chi connectivity index (χ0v) is 17.9. The first-order valence-corrected chi connectivity index (χ1v) is 10.3.